The second kappa shape index (κ2) is 13.4. The number of aromatic amines is 1. The van der Waals surface area contributed by atoms with Crippen molar-refractivity contribution in [1.29, 1.82) is 0 Å². The molecule has 17 heteroatoms. The average molecular weight is 656 g/mol. The molecule has 0 fully saturated rings. The van der Waals surface area contributed by atoms with Gasteiger partial charge in [-0.1, -0.05) is 26.0 Å². The molecule has 0 aliphatic carbocycles. The Morgan fingerprint density at radius 2 is 1.64 bits per heavy atom. The van der Waals surface area contributed by atoms with Crippen LogP contribution in [0.15, 0.2) is 39.4 Å². The molecule has 0 amide bonds. The van der Waals surface area contributed by atoms with Crippen LogP contribution in [0, 0.1) is 16.7 Å². The van der Waals surface area contributed by atoms with Crippen LogP contribution < -0.4 is 16.7 Å². The largest absolute Gasteiger partial charge is 0.507 e. The van der Waals surface area contributed by atoms with E-state index in [2.05, 4.69) is 15.3 Å². The molecule has 2 atom stereocenters. The highest BCUT2D eigenvalue weighted by atomic mass is 31.2. The van der Waals surface area contributed by atoms with Gasteiger partial charge in [0.05, 0.1) is 23.6 Å². The van der Waals surface area contributed by atoms with Gasteiger partial charge in [-0.15, -0.1) is 5.10 Å². The molecule has 0 bridgehead atoms. The Morgan fingerprint density at radius 3 is 2.11 bits per heavy atom. The minimum absolute atomic E-state index is 0.0549. The molecular formula is C28H42N5O11P. The molecule has 2 aromatic heterocycles. The van der Waals surface area contributed by atoms with E-state index in [1.165, 1.54) is 17.1 Å². The van der Waals surface area contributed by atoms with Crippen LogP contribution in [0.4, 0.5) is 0 Å². The maximum atomic E-state index is 13.9. The summed E-state index contributed by atoms with van der Waals surface area (Å²) < 4.78 is 43.6. The highest BCUT2D eigenvalue weighted by Gasteiger charge is 2.49. The van der Waals surface area contributed by atoms with Gasteiger partial charge in [-0.25, -0.2) is 9.48 Å². The molecule has 3 rings (SSSR count). The molecule has 0 aromatic carbocycles. The van der Waals surface area contributed by atoms with E-state index in [-0.39, 0.29) is 23.7 Å². The SMILES string of the molecule is CC[C@]1(Cn2cc(P(=O)(OCOC(=O)C(C)(C)C)OCOC(=O)C(C)(C)C)nn2)OC(n2ccc(=O)[nH]c2=O)C(O)=C1C(C)C. The standard InChI is InChI=1S/C28H42N5O11P/c1-10-28(20(17(2)3)21(35)22(44-28)33-12-11-18(34)29-25(33)38)14-32-13-19(30-31-32)45(39,42-15-40-23(36)26(4,5)6)43-16-41-24(37)27(7,8)9/h11-13,17,22,35H,10,14-16H2,1-9H3,(H,29,34,38)/t22?,28-/m1/s1. The summed E-state index contributed by atoms with van der Waals surface area (Å²) in [7, 11) is -4.39. The summed E-state index contributed by atoms with van der Waals surface area (Å²) >= 11 is 0. The molecular weight excluding hydrogens is 613 g/mol. The molecule has 0 radical (unpaired) electrons. The second-order valence-electron chi connectivity index (χ2n) is 12.9. The first-order chi connectivity index (χ1) is 20.7. The van der Waals surface area contributed by atoms with Gasteiger partial charge in [0.1, 0.15) is 11.4 Å². The first kappa shape index (κ1) is 35.9. The van der Waals surface area contributed by atoms with Gasteiger partial charge >= 0.3 is 25.2 Å². The molecule has 3 heterocycles. The molecule has 0 saturated heterocycles. The van der Waals surface area contributed by atoms with Crippen LogP contribution in [0.1, 0.15) is 75.0 Å². The maximum Gasteiger partial charge on any atom is 0.388 e. The van der Waals surface area contributed by atoms with Crippen LogP contribution in [0.5, 0.6) is 0 Å². The van der Waals surface area contributed by atoms with Crippen molar-refractivity contribution in [2.24, 2.45) is 16.7 Å². The van der Waals surface area contributed by atoms with E-state index in [1.54, 1.807) is 41.5 Å². The van der Waals surface area contributed by atoms with Gasteiger partial charge in [0, 0.05) is 17.8 Å². The summed E-state index contributed by atoms with van der Waals surface area (Å²) in [5.74, 6) is -1.68. The van der Waals surface area contributed by atoms with Crippen LogP contribution in [-0.4, -0.2) is 60.8 Å². The summed E-state index contributed by atoms with van der Waals surface area (Å²) in [5.41, 5.74) is -4.09. The van der Waals surface area contributed by atoms with E-state index in [4.69, 9.17) is 23.3 Å². The smallest absolute Gasteiger partial charge is 0.388 e. The number of carbonyl (C=O) groups is 2. The van der Waals surface area contributed by atoms with Crippen molar-refractivity contribution in [2.45, 2.75) is 87.1 Å². The predicted molar refractivity (Wildman–Crippen MR) is 159 cm³/mol. The number of carbonyl (C=O) groups excluding carboxylic acids is 2. The van der Waals surface area contributed by atoms with E-state index in [9.17, 15) is 28.8 Å². The molecule has 2 N–H and O–H groups in total. The molecule has 1 unspecified atom stereocenters. The second-order valence-corrected chi connectivity index (χ2v) is 14.9. The van der Waals surface area contributed by atoms with Crippen molar-refractivity contribution in [2.75, 3.05) is 13.6 Å². The molecule has 1 aliphatic heterocycles. The Labute approximate surface area is 260 Å². The van der Waals surface area contributed by atoms with Crippen molar-refractivity contribution in [1.82, 2.24) is 24.5 Å². The molecule has 16 nitrogen and oxygen atoms in total. The Balaban J connectivity index is 1.92. The Morgan fingerprint density at radius 1 is 1.09 bits per heavy atom. The highest BCUT2D eigenvalue weighted by molar-refractivity contribution is 7.61. The average Bonchev–Trinajstić information content (AvgIpc) is 3.50. The summed E-state index contributed by atoms with van der Waals surface area (Å²) in [5, 5.41) is 19.3. The fraction of sp³-hybridized carbons (Fsp3) is 0.643. The lowest BCUT2D eigenvalue weighted by molar-refractivity contribution is -0.161. The quantitative estimate of drug-likeness (QED) is 0.192. The first-order valence-corrected chi connectivity index (χ1v) is 15.9. The van der Waals surface area contributed by atoms with Gasteiger partial charge < -0.3 is 19.3 Å². The lowest BCUT2D eigenvalue weighted by Crippen LogP contribution is -2.40. The number of aliphatic hydroxyl groups is 1. The third-order valence-corrected chi connectivity index (χ3v) is 8.52. The minimum atomic E-state index is -4.39. The predicted octanol–water partition coefficient (Wildman–Crippen LogP) is 2.92. The lowest BCUT2D eigenvalue weighted by Gasteiger charge is -2.32. The number of hydrogen-bond donors (Lipinski definition) is 2. The van der Waals surface area contributed by atoms with Crippen molar-refractivity contribution in [3.05, 3.63) is 50.6 Å². The fourth-order valence-electron chi connectivity index (χ4n) is 4.48. The Bertz CT molecular complexity index is 1560. The van der Waals surface area contributed by atoms with Crippen molar-refractivity contribution < 1.29 is 42.5 Å². The summed E-state index contributed by atoms with van der Waals surface area (Å²) in [6.07, 6.45) is 1.57. The lowest BCUT2D eigenvalue weighted by atomic mass is 9.84. The third-order valence-electron chi connectivity index (χ3n) is 6.86. The number of H-pyrrole nitrogens is 1. The van der Waals surface area contributed by atoms with Crippen LogP contribution in [0.3, 0.4) is 0 Å². The topological polar surface area (TPSA) is 203 Å². The van der Waals surface area contributed by atoms with Gasteiger partial charge in [0.15, 0.2) is 11.7 Å². The zero-order valence-electron chi connectivity index (χ0n) is 27.0. The first-order valence-electron chi connectivity index (χ1n) is 14.3. The third kappa shape index (κ3) is 8.17. The van der Waals surface area contributed by atoms with Crippen molar-refractivity contribution in [3.8, 4) is 0 Å². The summed E-state index contributed by atoms with van der Waals surface area (Å²) in [6, 6.07) is 1.14. The Kier molecular flexibility index (Phi) is 10.7. The molecule has 2 aromatic rings. The van der Waals surface area contributed by atoms with E-state index in [1.807, 2.05) is 20.8 Å². The van der Waals surface area contributed by atoms with Gasteiger partial charge in [-0.2, -0.15) is 0 Å². The molecule has 0 spiro atoms. The van der Waals surface area contributed by atoms with Crippen LogP contribution in [-0.2, 0) is 44.0 Å². The van der Waals surface area contributed by atoms with Crippen LogP contribution >= 0.6 is 7.60 Å². The van der Waals surface area contributed by atoms with Crippen molar-refractivity contribution in [3.63, 3.8) is 0 Å². The van der Waals surface area contributed by atoms with E-state index in [0.717, 1.165) is 10.6 Å². The maximum absolute atomic E-state index is 13.9. The zero-order valence-corrected chi connectivity index (χ0v) is 27.9. The number of nitrogens with one attached hydrogen (secondary N) is 1. The van der Waals surface area contributed by atoms with Gasteiger partial charge in [-0.05, 0) is 53.9 Å². The molecule has 1 aliphatic rings. The number of aromatic nitrogens is 5. The normalized spacial score (nSPS) is 19.3. The number of ether oxygens (including phenoxy) is 3. The zero-order chi connectivity index (χ0) is 34.0. The van der Waals surface area contributed by atoms with Gasteiger partial charge in [-0.3, -0.25) is 37.5 Å². The van der Waals surface area contributed by atoms with Crippen LogP contribution in [0.2, 0.25) is 0 Å². The van der Waals surface area contributed by atoms with E-state index >= 15 is 0 Å². The highest BCUT2D eigenvalue weighted by Crippen LogP contribution is 2.48. The Hall–Kier alpha value is -3.59. The fourth-order valence-corrected chi connectivity index (χ4v) is 5.63. The number of aliphatic hydroxyl groups excluding tert-OH is 1. The summed E-state index contributed by atoms with van der Waals surface area (Å²) in [6.45, 7) is 13.7. The minimum Gasteiger partial charge on any atom is -0.507 e. The number of rotatable bonds is 12. The number of nitrogens with zero attached hydrogens (tertiary/aromatic N) is 4. The molecule has 250 valence electrons. The van der Waals surface area contributed by atoms with Gasteiger partial charge in [0.25, 0.3) is 5.56 Å². The number of esters is 2. The van der Waals surface area contributed by atoms with Crippen LogP contribution in [0.25, 0.3) is 0 Å². The number of hydrogen-bond acceptors (Lipinski definition) is 13. The van der Waals surface area contributed by atoms with E-state index in [0.29, 0.717) is 12.0 Å². The molecule has 45 heavy (non-hydrogen) atoms. The monoisotopic (exact) mass is 655 g/mol. The van der Waals surface area contributed by atoms with E-state index < -0.39 is 67.0 Å². The molecule has 0 saturated carbocycles. The van der Waals surface area contributed by atoms with Crippen molar-refractivity contribution >= 4 is 25.0 Å². The van der Waals surface area contributed by atoms with Gasteiger partial charge in [0.2, 0.25) is 13.6 Å². The summed E-state index contributed by atoms with van der Waals surface area (Å²) in [4.78, 5) is 50.8.